The van der Waals surface area contributed by atoms with Gasteiger partial charge in [-0.25, -0.2) is 4.79 Å². The van der Waals surface area contributed by atoms with Gasteiger partial charge in [0.1, 0.15) is 5.75 Å². The average Bonchev–Trinajstić information content (AvgIpc) is 2.81. The number of amides is 2. The highest BCUT2D eigenvalue weighted by Crippen LogP contribution is 2.22. The highest BCUT2D eigenvalue weighted by Gasteiger charge is 2.18. The SMILES string of the molecule is CCOc1ccc2[nH]c(=O)c(CN(CCN(CC)CC)C(=O)Nc3ccccc3Cl)cc2c1. The smallest absolute Gasteiger partial charge is 0.322 e. The molecule has 0 atom stereocenters. The number of aromatic nitrogens is 1. The molecule has 2 aromatic carbocycles. The summed E-state index contributed by atoms with van der Waals surface area (Å²) < 4.78 is 5.59. The molecule has 33 heavy (non-hydrogen) atoms. The first-order chi connectivity index (χ1) is 15.9. The Labute approximate surface area is 199 Å². The second kappa shape index (κ2) is 11.7. The van der Waals surface area contributed by atoms with Crippen LogP contribution in [-0.4, -0.2) is 53.6 Å². The minimum absolute atomic E-state index is 0.168. The van der Waals surface area contributed by atoms with Crippen molar-refractivity contribution >= 4 is 34.2 Å². The molecule has 0 radical (unpaired) electrons. The Morgan fingerprint density at radius 3 is 2.52 bits per heavy atom. The van der Waals surface area contributed by atoms with Crippen molar-refractivity contribution in [2.75, 3.05) is 38.1 Å². The number of carbonyl (C=O) groups is 1. The molecule has 2 N–H and O–H groups in total. The van der Waals surface area contributed by atoms with Crippen LogP contribution in [0.25, 0.3) is 10.9 Å². The Bertz CT molecular complexity index is 1140. The summed E-state index contributed by atoms with van der Waals surface area (Å²) in [6.07, 6.45) is 0. The van der Waals surface area contributed by atoms with Gasteiger partial charge in [-0.05, 0) is 56.4 Å². The van der Waals surface area contributed by atoms with Crippen LogP contribution in [0.4, 0.5) is 10.5 Å². The number of urea groups is 1. The van der Waals surface area contributed by atoms with E-state index >= 15 is 0 Å². The largest absolute Gasteiger partial charge is 0.494 e. The van der Waals surface area contributed by atoms with Crippen molar-refractivity contribution in [3.63, 3.8) is 0 Å². The van der Waals surface area contributed by atoms with Gasteiger partial charge in [0.05, 0.1) is 23.9 Å². The highest BCUT2D eigenvalue weighted by molar-refractivity contribution is 6.33. The van der Waals surface area contributed by atoms with E-state index < -0.39 is 0 Å². The van der Waals surface area contributed by atoms with E-state index in [2.05, 4.69) is 29.0 Å². The van der Waals surface area contributed by atoms with E-state index in [-0.39, 0.29) is 18.1 Å². The second-order valence-electron chi connectivity index (χ2n) is 7.66. The van der Waals surface area contributed by atoms with Crippen LogP contribution in [0, 0.1) is 0 Å². The van der Waals surface area contributed by atoms with Gasteiger partial charge in [0.2, 0.25) is 0 Å². The second-order valence-corrected chi connectivity index (χ2v) is 8.07. The number of pyridine rings is 1. The number of hydrogen-bond donors (Lipinski definition) is 2. The summed E-state index contributed by atoms with van der Waals surface area (Å²) >= 11 is 6.23. The molecule has 0 saturated carbocycles. The molecule has 0 spiro atoms. The monoisotopic (exact) mass is 470 g/mol. The minimum Gasteiger partial charge on any atom is -0.494 e. The van der Waals surface area contributed by atoms with E-state index in [0.29, 0.717) is 36.0 Å². The third kappa shape index (κ3) is 6.49. The van der Waals surface area contributed by atoms with E-state index in [0.717, 1.165) is 29.7 Å². The van der Waals surface area contributed by atoms with Gasteiger partial charge < -0.3 is 24.8 Å². The maximum atomic E-state index is 13.2. The number of nitrogens with zero attached hydrogens (tertiary/aromatic N) is 2. The number of ether oxygens (including phenoxy) is 1. The maximum Gasteiger partial charge on any atom is 0.322 e. The zero-order valence-corrected chi connectivity index (χ0v) is 20.1. The summed E-state index contributed by atoms with van der Waals surface area (Å²) in [5.74, 6) is 0.734. The summed E-state index contributed by atoms with van der Waals surface area (Å²) in [5, 5.41) is 4.19. The predicted octanol–water partition coefficient (Wildman–Crippen LogP) is 4.96. The number of nitrogens with one attached hydrogen (secondary N) is 2. The standard InChI is InChI=1S/C25H31ClN4O3/c1-4-29(5-2)13-14-30(25(32)28-23-10-8-7-9-21(23)26)17-19-15-18-16-20(33-6-3)11-12-22(18)27-24(19)31/h7-12,15-16H,4-6,13-14,17H2,1-3H3,(H,27,31)(H,28,32). The van der Waals surface area contributed by atoms with Gasteiger partial charge in [0, 0.05) is 29.6 Å². The number of rotatable bonds is 10. The molecule has 0 saturated heterocycles. The van der Waals surface area contributed by atoms with Crippen LogP contribution in [0.15, 0.2) is 53.3 Å². The zero-order chi connectivity index (χ0) is 23.8. The van der Waals surface area contributed by atoms with Gasteiger partial charge in [-0.3, -0.25) is 4.79 Å². The summed E-state index contributed by atoms with van der Waals surface area (Å²) in [6.45, 7) is 9.75. The molecule has 3 aromatic rings. The molecule has 0 aliphatic rings. The summed E-state index contributed by atoms with van der Waals surface area (Å²) in [5.41, 5.74) is 1.54. The fourth-order valence-electron chi connectivity index (χ4n) is 3.62. The average molecular weight is 471 g/mol. The molecule has 0 aliphatic heterocycles. The molecule has 2 amide bonds. The first-order valence-electron chi connectivity index (χ1n) is 11.3. The van der Waals surface area contributed by atoms with Gasteiger partial charge in [0.25, 0.3) is 5.56 Å². The van der Waals surface area contributed by atoms with Gasteiger partial charge in [-0.15, -0.1) is 0 Å². The van der Waals surface area contributed by atoms with Gasteiger partial charge >= 0.3 is 6.03 Å². The van der Waals surface area contributed by atoms with E-state index in [9.17, 15) is 9.59 Å². The number of halogens is 1. The number of H-pyrrole nitrogens is 1. The number of hydrogen-bond acceptors (Lipinski definition) is 4. The lowest BCUT2D eigenvalue weighted by atomic mass is 10.1. The topological polar surface area (TPSA) is 77.7 Å². The molecule has 1 aromatic heterocycles. The lowest BCUT2D eigenvalue weighted by Crippen LogP contribution is -2.41. The fraction of sp³-hybridized carbons (Fsp3) is 0.360. The molecule has 8 heteroatoms. The van der Waals surface area contributed by atoms with Crippen LogP contribution >= 0.6 is 11.6 Å². The van der Waals surface area contributed by atoms with Gasteiger partial charge in [0.15, 0.2) is 0 Å². The Balaban J connectivity index is 1.88. The molecular formula is C25H31ClN4O3. The number of aromatic amines is 1. The van der Waals surface area contributed by atoms with Crippen LogP contribution in [-0.2, 0) is 6.54 Å². The summed E-state index contributed by atoms with van der Waals surface area (Å²) in [7, 11) is 0. The summed E-state index contributed by atoms with van der Waals surface area (Å²) in [6, 6.07) is 14.2. The predicted molar refractivity (Wildman–Crippen MR) is 134 cm³/mol. The normalized spacial score (nSPS) is 11.1. The van der Waals surface area contributed by atoms with Crippen molar-refractivity contribution in [2.45, 2.75) is 27.3 Å². The number of benzene rings is 2. The van der Waals surface area contributed by atoms with Crippen LogP contribution in [0.2, 0.25) is 5.02 Å². The van der Waals surface area contributed by atoms with E-state index in [1.165, 1.54) is 0 Å². The highest BCUT2D eigenvalue weighted by atomic mass is 35.5. The molecule has 0 aliphatic carbocycles. The fourth-order valence-corrected chi connectivity index (χ4v) is 3.80. The molecule has 7 nitrogen and oxygen atoms in total. The van der Waals surface area contributed by atoms with Crippen LogP contribution in [0.5, 0.6) is 5.75 Å². The third-order valence-corrected chi connectivity index (χ3v) is 5.88. The van der Waals surface area contributed by atoms with Crippen LogP contribution in [0.1, 0.15) is 26.3 Å². The Kier molecular flexibility index (Phi) is 8.74. The third-order valence-electron chi connectivity index (χ3n) is 5.55. The lowest BCUT2D eigenvalue weighted by molar-refractivity contribution is 0.194. The molecule has 3 rings (SSSR count). The van der Waals surface area contributed by atoms with E-state index in [1.54, 1.807) is 23.1 Å². The number of fused-ring (bicyclic) bond motifs is 1. The van der Waals surface area contributed by atoms with Crippen molar-refractivity contribution in [1.29, 1.82) is 0 Å². The van der Waals surface area contributed by atoms with Crippen LogP contribution < -0.4 is 15.6 Å². The summed E-state index contributed by atoms with van der Waals surface area (Å²) in [4.78, 5) is 32.8. The molecule has 0 bridgehead atoms. The quantitative estimate of drug-likeness (QED) is 0.439. The van der Waals surface area contributed by atoms with Crippen molar-refractivity contribution in [3.8, 4) is 5.75 Å². The van der Waals surface area contributed by atoms with Gasteiger partial charge in [-0.2, -0.15) is 0 Å². The minimum atomic E-state index is -0.308. The van der Waals surface area contributed by atoms with E-state index in [4.69, 9.17) is 16.3 Å². The van der Waals surface area contributed by atoms with E-state index in [1.807, 2.05) is 37.3 Å². The van der Waals surface area contributed by atoms with Crippen molar-refractivity contribution in [1.82, 2.24) is 14.8 Å². The number of carbonyl (C=O) groups excluding carboxylic acids is 1. The maximum absolute atomic E-state index is 13.2. The first-order valence-corrected chi connectivity index (χ1v) is 11.6. The Hall–Kier alpha value is -3.03. The van der Waals surface area contributed by atoms with Crippen LogP contribution in [0.3, 0.4) is 0 Å². The number of anilines is 1. The lowest BCUT2D eigenvalue weighted by Gasteiger charge is -2.27. The molecule has 0 unspecified atom stereocenters. The Morgan fingerprint density at radius 2 is 1.82 bits per heavy atom. The zero-order valence-electron chi connectivity index (χ0n) is 19.4. The molecule has 0 fully saturated rings. The van der Waals surface area contributed by atoms with Crippen molar-refractivity contribution < 1.29 is 9.53 Å². The molecule has 176 valence electrons. The van der Waals surface area contributed by atoms with Crippen molar-refractivity contribution in [3.05, 3.63) is 69.5 Å². The van der Waals surface area contributed by atoms with Crippen molar-refractivity contribution in [2.24, 2.45) is 0 Å². The molecular weight excluding hydrogens is 440 g/mol. The number of likely N-dealkylation sites (N-methyl/N-ethyl adjacent to an activating group) is 1. The first kappa shape index (κ1) is 24.6. The molecule has 1 heterocycles. The van der Waals surface area contributed by atoms with Gasteiger partial charge in [-0.1, -0.05) is 37.6 Å². The Morgan fingerprint density at radius 1 is 1.06 bits per heavy atom. The number of para-hydroxylation sites is 1.